The fraction of sp³-hybridized carbons (Fsp3) is 0.105. The molecule has 0 spiro atoms. The molecule has 1 aromatic carbocycles. The van der Waals surface area contributed by atoms with E-state index in [-0.39, 0.29) is 6.54 Å². The molecule has 138 valence electrons. The van der Waals surface area contributed by atoms with Crippen LogP contribution in [0.5, 0.6) is 0 Å². The van der Waals surface area contributed by atoms with Gasteiger partial charge in [-0.05, 0) is 17.7 Å². The number of nitriles is 1. The maximum Gasteiger partial charge on any atom is 0.320 e. The van der Waals surface area contributed by atoms with E-state index in [1.807, 2.05) is 37.6 Å². The molecule has 0 aliphatic carbocycles. The van der Waals surface area contributed by atoms with Crippen molar-refractivity contribution in [2.24, 2.45) is 7.05 Å². The van der Waals surface area contributed by atoms with Crippen molar-refractivity contribution >= 4 is 22.9 Å². The summed E-state index contributed by atoms with van der Waals surface area (Å²) >= 11 is 0. The normalized spacial score (nSPS) is 10.6. The summed E-state index contributed by atoms with van der Waals surface area (Å²) in [6.07, 6.45) is 7.21. The largest absolute Gasteiger partial charge is 0.344 e. The van der Waals surface area contributed by atoms with Crippen molar-refractivity contribution < 1.29 is 4.79 Å². The van der Waals surface area contributed by atoms with Crippen LogP contribution >= 0.6 is 0 Å². The number of hydrogen-bond acceptors (Lipinski definition) is 5. The Morgan fingerprint density at radius 1 is 1.25 bits per heavy atom. The van der Waals surface area contributed by atoms with Gasteiger partial charge < -0.3 is 15.6 Å². The molecule has 0 aliphatic rings. The van der Waals surface area contributed by atoms with Gasteiger partial charge in [-0.2, -0.15) is 10.4 Å². The van der Waals surface area contributed by atoms with Crippen molar-refractivity contribution in [2.45, 2.75) is 0 Å². The van der Waals surface area contributed by atoms with E-state index in [1.165, 1.54) is 0 Å². The zero-order chi connectivity index (χ0) is 19.5. The minimum Gasteiger partial charge on any atom is -0.344 e. The second kappa shape index (κ2) is 7.20. The Morgan fingerprint density at radius 2 is 2.07 bits per heavy atom. The molecule has 0 atom stereocenters. The molecule has 0 fully saturated rings. The van der Waals surface area contributed by atoms with Gasteiger partial charge in [-0.15, -0.1) is 0 Å². The van der Waals surface area contributed by atoms with Crippen LogP contribution in [0.4, 0.5) is 10.5 Å². The third-order valence-corrected chi connectivity index (χ3v) is 4.16. The number of rotatable bonds is 4. The van der Waals surface area contributed by atoms with Gasteiger partial charge in [-0.25, -0.2) is 14.8 Å². The third kappa shape index (κ3) is 3.39. The molecule has 3 N–H and O–H groups in total. The van der Waals surface area contributed by atoms with E-state index >= 15 is 0 Å². The lowest BCUT2D eigenvalue weighted by Crippen LogP contribution is -2.28. The number of aryl methyl sites for hydroxylation is 1. The molecule has 0 saturated heterocycles. The highest BCUT2D eigenvalue weighted by molar-refractivity contribution is 5.93. The molecule has 0 aliphatic heterocycles. The molecule has 0 saturated carbocycles. The van der Waals surface area contributed by atoms with E-state index in [4.69, 9.17) is 10.2 Å². The number of carbonyl (C=O) groups is 1. The molecule has 2 amide bonds. The van der Waals surface area contributed by atoms with Gasteiger partial charge in [0.25, 0.3) is 0 Å². The van der Waals surface area contributed by atoms with E-state index in [2.05, 4.69) is 25.7 Å². The second-order valence-corrected chi connectivity index (χ2v) is 6.10. The molecule has 3 heterocycles. The molecular formula is C19H16N8O. The smallest absolute Gasteiger partial charge is 0.320 e. The first-order valence-corrected chi connectivity index (χ1v) is 8.49. The fourth-order valence-corrected chi connectivity index (χ4v) is 2.83. The third-order valence-electron chi connectivity index (χ3n) is 4.16. The van der Waals surface area contributed by atoms with Crippen molar-refractivity contribution in [3.8, 4) is 28.5 Å². The fourth-order valence-electron chi connectivity index (χ4n) is 2.83. The number of anilines is 1. The predicted molar refractivity (Wildman–Crippen MR) is 104 cm³/mol. The van der Waals surface area contributed by atoms with Gasteiger partial charge in [0.2, 0.25) is 0 Å². The Balaban J connectivity index is 1.62. The maximum atomic E-state index is 11.6. The zero-order valence-electron chi connectivity index (χ0n) is 15.0. The number of aromatic amines is 1. The van der Waals surface area contributed by atoms with Crippen LogP contribution in [0.1, 0.15) is 0 Å². The number of nitrogens with one attached hydrogen (secondary N) is 3. The van der Waals surface area contributed by atoms with Gasteiger partial charge in [0.05, 0.1) is 24.2 Å². The van der Waals surface area contributed by atoms with Crippen molar-refractivity contribution in [1.29, 1.82) is 5.26 Å². The summed E-state index contributed by atoms with van der Waals surface area (Å²) in [4.78, 5) is 24.0. The Kier molecular flexibility index (Phi) is 4.43. The van der Waals surface area contributed by atoms with Crippen LogP contribution in [0.2, 0.25) is 0 Å². The second-order valence-electron chi connectivity index (χ2n) is 6.10. The van der Waals surface area contributed by atoms with Gasteiger partial charge in [-0.3, -0.25) is 4.68 Å². The number of amides is 2. The Morgan fingerprint density at radius 3 is 2.79 bits per heavy atom. The zero-order valence-corrected chi connectivity index (χ0v) is 15.0. The first-order valence-electron chi connectivity index (χ1n) is 8.49. The van der Waals surface area contributed by atoms with Gasteiger partial charge in [0.15, 0.2) is 5.65 Å². The number of fused-ring (bicyclic) bond motifs is 1. The predicted octanol–water partition coefficient (Wildman–Crippen LogP) is 2.67. The monoisotopic (exact) mass is 372 g/mol. The quantitative estimate of drug-likeness (QED) is 0.475. The highest BCUT2D eigenvalue weighted by atomic mass is 16.2. The van der Waals surface area contributed by atoms with E-state index in [0.29, 0.717) is 11.3 Å². The Labute approximate surface area is 160 Å². The van der Waals surface area contributed by atoms with Crippen molar-refractivity contribution in [1.82, 2.24) is 30.0 Å². The molecule has 0 radical (unpaired) electrons. The number of benzene rings is 1. The lowest BCUT2D eigenvalue weighted by atomic mass is 10.1. The summed E-state index contributed by atoms with van der Waals surface area (Å²) in [6, 6.07) is 8.79. The first-order chi connectivity index (χ1) is 13.6. The number of nitrogens with zero attached hydrogens (tertiary/aromatic N) is 5. The molecular weight excluding hydrogens is 356 g/mol. The van der Waals surface area contributed by atoms with Crippen LogP contribution in [0.25, 0.3) is 33.5 Å². The topological polar surface area (TPSA) is 124 Å². The van der Waals surface area contributed by atoms with E-state index in [9.17, 15) is 4.79 Å². The lowest BCUT2D eigenvalue weighted by molar-refractivity contribution is 0.253. The summed E-state index contributed by atoms with van der Waals surface area (Å²) in [6.45, 7) is -0.0445. The van der Waals surface area contributed by atoms with Crippen molar-refractivity contribution in [3.05, 3.63) is 49.1 Å². The Hall–Kier alpha value is -4.19. The first kappa shape index (κ1) is 17.2. The highest BCUT2D eigenvalue weighted by Crippen LogP contribution is 2.29. The summed E-state index contributed by atoms with van der Waals surface area (Å²) < 4.78 is 1.72. The number of carbonyl (C=O) groups excluding carboxylic acids is 1. The molecule has 28 heavy (non-hydrogen) atoms. The number of aromatic nitrogens is 5. The molecule has 9 heteroatoms. The minimum absolute atomic E-state index is 0.0445. The van der Waals surface area contributed by atoms with Gasteiger partial charge in [0.1, 0.15) is 12.1 Å². The van der Waals surface area contributed by atoms with E-state index in [1.54, 1.807) is 29.2 Å². The lowest BCUT2D eigenvalue weighted by Gasteiger charge is -2.06. The molecule has 4 aromatic rings. The molecule has 4 rings (SSSR count). The average Bonchev–Trinajstić information content (AvgIpc) is 3.33. The van der Waals surface area contributed by atoms with Crippen LogP contribution < -0.4 is 10.6 Å². The summed E-state index contributed by atoms with van der Waals surface area (Å²) in [5, 5.41) is 17.8. The van der Waals surface area contributed by atoms with Crippen LogP contribution in [0.15, 0.2) is 49.1 Å². The van der Waals surface area contributed by atoms with Gasteiger partial charge >= 0.3 is 6.03 Å². The van der Waals surface area contributed by atoms with Gasteiger partial charge in [-0.1, -0.05) is 12.1 Å². The number of urea groups is 1. The number of H-pyrrole nitrogens is 1. The average molecular weight is 372 g/mol. The van der Waals surface area contributed by atoms with E-state index in [0.717, 1.165) is 27.9 Å². The van der Waals surface area contributed by atoms with Crippen LogP contribution in [-0.4, -0.2) is 37.3 Å². The SMILES string of the molecule is Cn1cc(-c2cnc3[nH]cc(-c4ccc(NC(=O)NCC#N)cc4)c3n2)cn1. The van der Waals surface area contributed by atoms with Crippen molar-refractivity contribution in [2.75, 3.05) is 11.9 Å². The summed E-state index contributed by atoms with van der Waals surface area (Å²) in [5.41, 5.74) is 5.57. The molecule has 9 nitrogen and oxygen atoms in total. The van der Waals surface area contributed by atoms with Crippen LogP contribution in [0, 0.1) is 11.3 Å². The number of hydrogen-bond donors (Lipinski definition) is 3. The summed E-state index contributed by atoms with van der Waals surface area (Å²) in [5.74, 6) is 0. The minimum atomic E-state index is -0.423. The highest BCUT2D eigenvalue weighted by Gasteiger charge is 2.12. The maximum absolute atomic E-state index is 11.6. The standard InChI is InChI=1S/C19H16N8O/c1-27-11-13(8-24-27)16-10-23-18-17(26-16)15(9-22-18)12-2-4-14(5-3-12)25-19(28)21-7-6-20/h2-5,8-11H,7H2,1H3,(H,22,23)(H2,21,25,28). The Bertz CT molecular complexity index is 1180. The molecule has 3 aromatic heterocycles. The van der Waals surface area contributed by atoms with Crippen molar-refractivity contribution in [3.63, 3.8) is 0 Å². The van der Waals surface area contributed by atoms with Gasteiger partial charge in [0, 0.05) is 36.3 Å². The summed E-state index contributed by atoms with van der Waals surface area (Å²) in [7, 11) is 1.85. The van der Waals surface area contributed by atoms with Crippen LogP contribution in [-0.2, 0) is 7.05 Å². The molecule has 0 bridgehead atoms. The molecule has 0 unspecified atom stereocenters. The van der Waals surface area contributed by atoms with E-state index < -0.39 is 6.03 Å². The van der Waals surface area contributed by atoms with Crippen LogP contribution in [0.3, 0.4) is 0 Å².